The molecule has 1 saturated carbocycles. The standard InChI is InChI=1S/C16H15NO/c1-9-13-7-18-8-14-12(6-17)10-4-2-3-5-11(10)15(9)16(13)14/h2-5,9,13,15-16H,7-8H2,1H3/t9-,13-,15-,16?/m0/s1. The van der Waals surface area contributed by atoms with Crippen LogP contribution in [0.25, 0.3) is 5.57 Å². The number of hydrogen-bond acceptors (Lipinski definition) is 2. The van der Waals surface area contributed by atoms with Gasteiger partial charge in [-0.05, 0) is 40.4 Å². The summed E-state index contributed by atoms with van der Waals surface area (Å²) in [5, 5.41) is 9.48. The number of nitrogens with zero attached hydrogens (tertiary/aromatic N) is 1. The van der Waals surface area contributed by atoms with Crippen LogP contribution in [0.2, 0.25) is 0 Å². The molecule has 1 aromatic carbocycles. The van der Waals surface area contributed by atoms with E-state index >= 15 is 0 Å². The van der Waals surface area contributed by atoms with Crippen LogP contribution in [0.5, 0.6) is 0 Å². The molecule has 1 aromatic rings. The van der Waals surface area contributed by atoms with Crippen LogP contribution < -0.4 is 0 Å². The van der Waals surface area contributed by atoms with E-state index in [9.17, 15) is 5.26 Å². The van der Waals surface area contributed by atoms with Crippen LogP contribution in [0.3, 0.4) is 0 Å². The summed E-state index contributed by atoms with van der Waals surface area (Å²) in [6, 6.07) is 10.8. The second kappa shape index (κ2) is 3.46. The van der Waals surface area contributed by atoms with Crippen molar-refractivity contribution in [3.63, 3.8) is 0 Å². The lowest BCUT2D eigenvalue weighted by Crippen LogP contribution is -2.52. The van der Waals surface area contributed by atoms with Crippen LogP contribution in [-0.4, -0.2) is 13.2 Å². The molecule has 18 heavy (non-hydrogen) atoms. The van der Waals surface area contributed by atoms with Crippen LogP contribution in [0.1, 0.15) is 24.0 Å². The van der Waals surface area contributed by atoms with Gasteiger partial charge in [0, 0.05) is 0 Å². The summed E-state index contributed by atoms with van der Waals surface area (Å²) in [6.07, 6.45) is 0. The fourth-order valence-corrected chi connectivity index (χ4v) is 4.21. The molecule has 1 heterocycles. The summed E-state index contributed by atoms with van der Waals surface area (Å²) in [4.78, 5) is 0. The van der Waals surface area contributed by atoms with Gasteiger partial charge in [-0.15, -0.1) is 0 Å². The van der Waals surface area contributed by atoms with E-state index in [4.69, 9.17) is 4.74 Å². The minimum absolute atomic E-state index is 0.568. The molecule has 2 fully saturated rings. The first kappa shape index (κ1) is 10.3. The molecule has 2 aliphatic carbocycles. The van der Waals surface area contributed by atoms with E-state index in [1.807, 2.05) is 6.07 Å². The predicted molar refractivity (Wildman–Crippen MR) is 68.7 cm³/mol. The summed E-state index contributed by atoms with van der Waals surface area (Å²) in [7, 11) is 0. The SMILES string of the molecule is C[C@H]1[C@@H]2COCC3=C(C#N)c4ccccc4[C@H]1C32. The second-order valence-corrected chi connectivity index (χ2v) is 5.69. The van der Waals surface area contributed by atoms with Crippen molar-refractivity contribution >= 4 is 5.57 Å². The van der Waals surface area contributed by atoms with Gasteiger partial charge in [-0.2, -0.15) is 5.26 Å². The molecule has 1 unspecified atom stereocenters. The van der Waals surface area contributed by atoms with E-state index in [0.717, 1.165) is 17.7 Å². The number of nitriles is 1. The molecule has 0 bridgehead atoms. The van der Waals surface area contributed by atoms with Gasteiger partial charge in [-0.3, -0.25) is 0 Å². The highest BCUT2D eigenvalue weighted by Crippen LogP contribution is 2.61. The number of ether oxygens (including phenoxy) is 1. The van der Waals surface area contributed by atoms with E-state index in [-0.39, 0.29) is 0 Å². The van der Waals surface area contributed by atoms with Crippen LogP contribution in [0, 0.1) is 29.1 Å². The summed E-state index contributed by atoms with van der Waals surface area (Å²) in [5.41, 5.74) is 4.67. The maximum absolute atomic E-state index is 9.48. The van der Waals surface area contributed by atoms with Crippen LogP contribution >= 0.6 is 0 Å². The molecular weight excluding hydrogens is 222 g/mol. The van der Waals surface area contributed by atoms with Gasteiger partial charge >= 0.3 is 0 Å². The van der Waals surface area contributed by atoms with Gasteiger partial charge in [0.1, 0.15) is 0 Å². The largest absolute Gasteiger partial charge is 0.377 e. The molecule has 0 N–H and O–H groups in total. The quantitative estimate of drug-likeness (QED) is 0.695. The molecule has 1 saturated heterocycles. The topological polar surface area (TPSA) is 33.0 Å². The lowest BCUT2D eigenvalue weighted by atomic mass is 9.49. The monoisotopic (exact) mass is 237 g/mol. The second-order valence-electron chi connectivity index (χ2n) is 5.69. The highest BCUT2D eigenvalue weighted by molar-refractivity contribution is 5.84. The normalized spacial score (nSPS) is 36.2. The highest BCUT2D eigenvalue weighted by atomic mass is 16.5. The Labute approximate surface area is 107 Å². The van der Waals surface area contributed by atoms with E-state index < -0.39 is 0 Å². The van der Waals surface area contributed by atoms with Crippen molar-refractivity contribution < 1.29 is 4.74 Å². The first-order chi connectivity index (χ1) is 8.83. The van der Waals surface area contributed by atoms with Gasteiger partial charge < -0.3 is 4.74 Å². The number of allylic oxidation sites excluding steroid dienone is 1. The number of rotatable bonds is 0. The molecule has 2 heteroatoms. The minimum Gasteiger partial charge on any atom is -0.377 e. The molecule has 0 spiro atoms. The summed E-state index contributed by atoms with van der Waals surface area (Å²) >= 11 is 0. The lowest BCUT2D eigenvalue weighted by Gasteiger charge is -2.57. The Morgan fingerprint density at radius 2 is 2.11 bits per heavy atom. The van der Waals surface area contributed by atoms with Crippen molar-refractivity contribution in [2.45, 2.75) is 12.8 Å². The van der Waals surface area contributed by atoms with E-state index in [1.54, 1.807) is 0 Å². The molecule has 0 amide bonds. The molecule has 4 atom stereocenters. The molecule has 0 aromatic heterocycles. The third-order valence-electron chi connectivity index (χ3n) is 5.08. The Hall–Kier alpha value is -1.59. The van der Waals surface area contributed by atoms with Crippen molar-refractivity contribution in [2.24, 2.45) is 17.8 Å². The number of benzene rings is 1. The molecule has 3 aliphatic rings. The lowest BCUT2D eigenvalue weighted by molar-refractivity contribution is -0.0504. The first-order valence-electron chi connectivity index (χ1n) is 6.63. The van der Waals surface area contributed by atoms with Gasteiger partial charge in [-0.1, -0.05) is 31.2 Å². The average molecular weight is 237 g/mol. The molecule has 0 radical (unpaired) electrons. The first-order valence-corrected chi connectivity index (χ1v) is 6.63. The Morgan fingerprint density at radius 1 is 1.28 bits per heavy atom. The third-order valence-corrected chi connectivity index (χ3v) is 5.08. The summed E-state index contributed by atoms with van der Waals surface area (Å²) in [5.74, 6) is 2.47. The molecular formula is C16H15NO. The van der Waals surface area contributed by atoms with Gasteiger partial charge in [0.2, 0.25) is 0 Å². The fourth-order valence-electron chi connectivity index (χ4n) is 4.21. The zero-order valence-corrected chi connectivity index (χ0v) is 10.4. The van der Waals surface area contributed by atoms with Crippen molar-refractivity contribution in [2.75, 3.05) is 13.2 Å². The molecule has 2 nitrogen and oxygen atoms in total. The zero-order chi connectivity index (χ0) is 12.3. The van der Waals surface area contributed by atoms with Gasteiger partial charge in [0.15, 0.2) is 0 Å². The molecule has 90 valence electrons. The minimum atomic E-state index is 0.568. The van der Waals surface area contributed by atoms with E-state index in [2.05, 4.69) is 31.2 Å². The van der Waals surface area contributed by atoms with Crippen LogP contribution in [0.15, 0.2) is 29.8 Å². The van der Waals surface area contributed by atoms with Gasteiger partial charge in [-0.25, -0.2) is 0 Å². The van der Waals surface area contributed by atoms with Gasteiger partial charge in [0.25, 0.3) is 0 Å². The number of fused-ring (bicyclic) bond motifs is 2. The van der Waals surface area contributed by atoms with Crippen molar-refractivity contribution in [1.82, 2.24) is 0 Å². The summed E-state index contributed by atoms with van der Waals surface area (Å²) < 4.78 is 5.70. The Kier molecular flexibility index (Phi) is 1.99. The number of hydrogen-bond donors (Lipinski definition) is 0. The third kappa shape index (κ3) is 1.06. The zero-order valence-electron chi connectivity index (χ0n) is 10.4. The van der Waals surface area contributed by atoms with Crippen LogP contribution in [0.4, 0.5) is 0 Å². The average Bonchev–Trinajstić information content (AvgIpc) is 2.42. The van der Waals surface area contributed by atoms with E-state index in [0.29, 0.717) is 30.3 Å². The Morgan fingerprint density at radius 3 is 2.94 bits per heavy atom. The maximum atomic E-state index is 9.48. The molecule has 1 aliphatic heterocycles. The summed E-state index contributed by atoms with van der Waals surface area (Å²) in [6.45, 7) is 3.85. The molecule has 4 rings (SSSR count). The van der Waals surface area contributed by atoms with Crippen molar-refractivity contribution in [1.29, 1.82) is 5.26 Å². The fraction of sp³-hybridized carbons (Fsp3) is 0.438. The Balaban J connectivity index is 1.98. The Bertz CT molecular complexity index is 595. The smallest absolute Gasteiger partial charge is 0.0998 e. The predicted octanol–water partition coefficient (Wildman–Crippen LogP) is 2.97. The van der Waals surface area contributed by atoms with Crippen LogP contribution in [-0.2, 0) is 4.74 Å². The van der Waals surface area contributed by atoms with Crippen molar-refractivity contribution in [3.8, 4) is 6.07 Å². The highest BCUT2D eigenvalue weighted by Gasteiger charge is 2.54. The van der Waals surface area contributed by atoms with Gasteiger partial charge in [0.05, 0.1) is 24.9 Å². The maximum Gasteiger partial charge on any atom is 0.0998 e. The van der Waals surface area contributed by atoms with Crippen molar-refractivity contribution in [3.05, 3.63) is 41.0 Å². The van der Waals surface area contributed by atoms with E-state index in [1.165, 1.54) is 11.1 Å².